The second kappa shape index (κ2) is 12.4. The molecule has 0 radical (unpaired) electrons. The van der Waals surface area contributed by atoms with Gasteiger partial charge in [-0.1, -0.05) is 23.2 Å². The van der Waals surface area contributed by atoms with Gasteiger partial charge in [0.15, 0.2) is 0 Å². The normalized spacial score (nSPS) is 11.5. The molecule has 2 heterocycles. The van der Waals surface area contributed by atoms with E-state index in [-0.39, 0.29) is 0 Å². The number of rotatable bonds is 12. The summed E-state index contributed by atoms with van der Waals surface area (Å²) in [5.41, 5.74) is 4.19. The van der Waals surface area contributed by atoms with Gasteiger partial charge in [-0.15, -0.1) is 0 Å². The van der Waals surface area contributed by atoms with Gasteiger partial charge < -0.3 is 15.1 Å². The summed E-state index contributed by atoms with van der Waals surface area (Å²) < 4.78 is 0. The Morgan fingerprint density at radius 1 is 0.714 bits per heavy atom. The molecule has 0 spiro atoms. The van der Waals surface area contributed by atoms with Crippen LogP contribution in [0.1, 0.15) is 25.7 Å². The van der Waals surface area contributed by atoms with Crippen molar-refractivity contribution in [2.45, 2.75) is 25.7 Å². The number of unbranched alkanes of at least 4 members (excludes halogenated alkanes) is 2. The van der Waals surface area contributed by atoms with E-state index in [0.717, 1.165) is 71.5 Å². The van der Waals surface area contributed by atoms with E-state index >= 15 is 0 Å². The highest BCUT2D eigenvalue weighted by molar-refractivity contribution is 6.31. The molecule has 0 amide bonds. The number of hydrogen-bond donors (Lipinski definition) is 1. The van der Waals surface area contributed by atoms with E-state index in [1.54, 1.807) is 0 Å². The summed E-state index contributed by atoms with van der Waals surface area (Å²) in [6, 6.07) is 15.9. The first-order valence-electron chi connectivity index (χ1n) is 12.2. The van der Waals surface area contributed by atoms with Crippen LogP contribution in [0.4, 0.5) is 11.4 Å². The van der Waals surface area contributed by atoms with Gasteiger partial charge in [0.05, 0.1) is 11.0 Å². The van der Waals surface area contributed by atoms with Gasteiger partial charge in [0.25, 0.3) is 0 Å². The molecule has 4 rings (SSSR count). The van der Waals surface area contributed by atoms with Crippen LogP contribution in [0.25, 0.3) is 21.8 Å². The van der Waals surface area contributed by atoms with Crippen molar-refractivity contribution in [2.75, 3.05) is 50.5 Å². The van der Waals surface area contributed by atoms with Crippen LogP contribution in [-0.4, -0.2) is 55.1 Å². The third-order valence-electron chi connectivity index (χ3n) is 6.36. The number of halogens is 2. The molecular formula is C28H33Cl2N5. The number of nitrogens with one attached hydrogen (secondary N) is 1. The minimum absolute atomic E-state index is 0.716. The lowest BCUT2D eigenvalue weighted by Crippen LogP contribution is -2.24. The molecule has 0 saturated carbocycles. The summed E-state index contributed by atoms with van der Waals surface area (Å²) in [7, 11) is 4.37. The van der Waals surface area contributed by atoms with Crippen molar-refractivity contribution in [1.29, 1.82) is 0 Å². The molecular weight excluding hydrogens is 477 g/mol. The van der Waals surface area contributed by atoms with E-state index in [4.69, 9.17) is 23.2 Å². The first-order chi connectivity index (χ1) is 17.0. The number of fused-ring (bicyclic) bond motifs is 2. The van der Waals surface area contributed by atoms with Crippen LogP contribution >= 0.6 is 23.2 Å². The van der Waals surface area contributed by atoms with Crippen molar-refractivity contribution >= 4 is 56.4 Å². The maximum atomic E-state index is 6.12. The van der Waals surface area contributed by atoms with E-state index < -0.39 is 0 Å². The zero-order valence-electron chi connectivity index (χ0n) is 20.5. The summed E-state index contributed by atoms with van der Waals surface area (Å²) in [5, 5.41) is 7.26. The average Bonchev–Trinajstić information content (AvgIpc) is 2.85. The summed E-state index contributed by atoms with van der Waals surface area (Å²) in [6.07, 6.45) is 8.32. The van der Waals surface area contributed by atoms with E-state index in [1.807, 2.05) is 48.8 Å². The Kier molecular flexibility index (Phi) is 9.02. The van der Waals surface area contributed by atoms with Crippen LogP contribution in [0.15, 0.2) is 60.9 Å². The first-order valence-corrected chi connectivity index (χ1v) is 13.0. The standard InChI is InChI=1S/C28H33Cl2N5/c1-34(16-4-3-13-31-25-11-14-32-26-19-21(29)7-9-23(25)26)17-5-6-18-35(2)28-12-15-33-27-20-22(30)8-10-24(27)28/h7-12,14-15,19-20H,3-6,13,16-18H2,1-2H3,(H,31,32). The first kappa shape index (κ1) is 25.5. The molecule has 184 valence electrons. The molecule has 0 fully saturated rings. The minimum atomic E-state index is 0.716. The Bertz CT molecular complexity index is 1260. The van der Waals surface area contributed by atoms with Gasteiger partial charge >= 0.3 is 0 Å². The smallest absolute Gasteiger partial charge is 0.0737 e. The fraction of sp³-hybridized carbons (Fsp3) is 0.357. The molecule has 1 N–H and O–H groups in total. The summed E-state index contributed by atoms with van der Waals surface area (Å²) in [6.45, 7) is 4.19. The molecule has 0 atom stereocenters. The van der Waals surface area contributed by atoms with Gasteiger partial charge in [-0.25, -0.2) is 0 Å². The van der Waals surface area contributed by atoms with E-state index in [0.29, 0.717) is 5.02 Å². The van der Waals surface area contributed by atoms with E-state index in [2.05, 4.69) is 51.3 Å². The van der Waals surface area contributed by atoms with Crippen LogP contribution in [-0.2, 0) is 0 Å². The van der Waals surface area contributed by atoms with Gasteiger partial charge in [0.1, 0.15) is 0 Å². The molecule has 2 aromatic carbocycles. The molecule has 0 bridgehead atoms. The second-order valence-electron chi connectivity index (χ2n) is 9.08. The van der Waals surface area contributed by atoms with Crippen LogP contribution < -0.4 is 10.2 Å². The molecule has 0 aliphatic heterocycles. The predicted molar refractivity (Wildman–Crippen MR) is 151 cm³/mol. The highest BCUT2D eigenvalue weighted by atomic mass is 35.5. The second-order valence-corrected chi connectivity index (χ2v) is 9.95. The molecule has 0 aliphatic rings. The van der Waals surface area contributed by atoms with Crippen molar-refractivity contribution in [3.63, 3.8) is 0 Å². The SMILES string of the molecule is CN(CCCCNc1ccnc2cc(Cl)ccc12)CCCCN(C)c1ccnc2cc(Cl)ccc12. The lowest BCUT2D eigenvalue weighted by molar-refractivity contribution is 0.320. The van der Waals surface area contributed by atoms with Crippen molar-refractivity contribution in [3.8, 4) is 0 Å². The Morgan fingerprint density at radius 2 is 1.31 bits per heavy atom. The lowest BCUT2D eigenvalue weighted by Gasteiger charge is -2.22. The number of hydrogen-bond acceptors (Lipinski definition) is 5. The Labute approximate surface area is 218 Å². The summed E-state index contributed by atoms with van der Waals surface area (Å²) >= 11 is 12.2. The fourth-order valence-corrected chi connectivity index (χ4v) is 4.74. The molecule has 0 aliphatic carbocycles. The Balaban J connectivity index is 1.13. The number of aromatic nitrogens is 2. The van der Waals surface area contributed by atoms with Crippen LogP contribution in [0.3, 0.4) is 0 Å². The predicted octanol–water partition coefficient (Wildman–Crippen LogP) is 7.13. The molecule has 35 heavy (non-hydrogen) atoms. The Morgan fingerprint density at radius 3 is 2.06 bits per heavy atom. The van der Waals surface area contributed by atoms with Crippen molar-refractivity contribution in [2.24, 2.45) is 0 Å². The van der Waals surface area contributed by atoms with Crippen molar-refractivity contribution in [3.05, 3.63) is 71.0 Å². The number of benzene rings is 2. The zero-order chi connectivity index (χ0) is 24.6. The number of nitrogens with zero attached hydrogens (tertiary/aromatic N) is 4. The highest BCUT2D eigenvalue weighted by Gasteiger charge is 2.08. The third-order valence-corrected chi connectivity index (χ3v) is 6.83. The van der Waals surface area contributed by atoms with Gasteiger partial charge in [-0.2, -0.15) is 0 Å². The quantitative estimate of drug-likeness (QED) is 0.206. The van der Waals surface area contributed by atoms with Crippen molar-refractivity contribution in [1.82, 2.24) is 14.9 Å². The van der Waals surface area contributed by atoms with Gasteiger partial charge in [-0.3, -0.25) is 9.97 Å². The maximum Gasteiger partial charge on any atom is 0.0737 e. The number of anilines is 2. The Hall–Kier alpha value is -2.60. The molecule has 4 aromatic rings. The van der Waals surface area contributed by atoms with Gasteiger partial charge in [0, 0.05) is 64.7 Å². The zero-order valence-corrected chi connectivity index (χ0v) is 22.0. The van der Waals surface area contributed by atoms with Crippen LogP contribution in [0.2, 0.25) is 10.0 Å². The molecule has 2 aromatic heterocycles. The maximum absolute atomic E-state index is 6.12. The topological polar surface area (TPSA) is 44.3 Å². The number of pyridine rings is 2. The minimum Gasteiger partial charge on any atom is -0.384 e. The fourth-order valence-electron chi connectivity index (χ4n) is 4.41. The van der Waals surface area contributed by atoms with Gasteiger partial charge in [0.2, 0.25) is 0 Å². The highest BCUT2D eigenvalue weighted by Crippen LogP contribution is 2.27. The molecule has 7 heteroatoms. The molecule has 0 unspecified atom stereocenters. The van der Waals surface area contributed by atoms with Crippen LogP contribution in [0.5, 0.6) is 0 Å². The largest absolute Gasteiger partial charge is 0.384 e. The summed E-state index contributed by atoms with van der Waals surface area (Å²) in [4.78, 5) is 13.6. The molecule has 0 saturated heterocycles. The van der Waals surface area contributed by atoms with Crippen molar-refractivity contribution < 1.29 is 0 Å². The van der Waals surface area contributed by atoms with Gasteiger partial charge in [-0.05, 0) is 94.4 Å². The summed E-state index contributed by atoms with van der Waals surface area (Å²) in [5.74, 6) is 0. The third kappa shape index (κ3) is 6.97. The monoisotopic (exact) mass is 509 g/mol. The molecule has 5 nitrogen and oxygen atoms in total. The lowest BCUT2D eigenvalue weighted by atomic mass is 10.1. The average molecular weight is 511 g/mol. The van der Waals surface area contributed by atoms with E-state index in [9.17, 15) is 0 Å². The van der Waals surface area contributed by atoms with E-state index in [1.165, 1.54) is 18.5 Å². The van der Waals surface area contributed by atoms with Crippen LogP contribution in [0, 0.1) is 0 Å².